The fourth-order valence-corrected chi connectivity index (χ4v) is 5.86. The first kappa shape index (κ1) is 25.5. The fourth-order valence-electron chi connectivity index (χ4n) is 5.86. The molecule has 2 aliphatic carbocycles. The van der Waals surface area contributed by atoms with Gasteiger partial charge in [-0.3, -0.25) is 19.1 Å². The van der Waals surface area contributed by atoms with Gasteiger partial charge in [0.25, 0.3) is 5.56 Å². The molecule has 0 spiro atoms. The highest BCUT2D eigenvalue weighted by atomic mass is 16.5. The van der Waals surface area contributed by atoms with Crippen molar-refractivity contribution in [2.24, 2.45) is 5.92 Å². The van der Waals surface area contributed by atoms with Crippen LogP contribution in [0.15, 0.2) is 47.3 Å². The highest BCUT2D eigenvalue weighted by molar-refractivity contribution is 5.79. The van der Waals surface area contributed by atoms with E-state index in [0.717, 1.165) is 44.7 Å². The summed E-state index contributed by atoms with van der Waals surface area (Å²) in [5.74, 6) is 1.91. The van der Waals surface area contributed by atoms with Crippen molar-refractivity contribution in [2.45, 2.75) is 58.4 Å². The number of carbonyl (C=O) groups excluding carboxylic acids is 1. The van der Waals surface area contributed by atoms with Crippen LogP contribution in [-0.2, 0) is 11.2 Å². The quantitative estimate of drug-likeness (QED) is 0.580. The molecule has 0 bridgehead atoms. The lowest BCUT2D eigenvalue weighted by molar-refractivity contribution is -0.138. The Morgan fingerprint density at radius 1 is 1.08 bits per heavy atom. The van der Waals surface area contributed by atoms with Gasteiger partial charge in [-0.15, -0.1) is 0 Å². The number of amides is 1. The van der Waals surface area contributed by atoms with Gasteiger partial charge in [0.2, 0.25) is 5.91 Å². The Morgan fingerprint density at radius 2 is 1.84 bits per heavy atom. The summed E-state index contributed by atoms with van der Waals surface area (Å²) in [6.07, 6.45) is 14.0. The standard InChI is InChI=1S/C30H38N4O3/c1-3-37-27-17-11-10-16-26(27)34-28(31-25-15-9-5-8-14-24(25)30(34)36)22(2)32-18-20-33(21-19-32)29(35)23-12-6-4-7-13-23/h5,8-11,14,16-17,22-23H,3-4,6-7,12-13,15,18-21H2,1-2H3. The summed E-state index contributed by atoms with van der Waals surface area (Å²) < 4.78 is 7.66. The largest absolute Gasteiger partial charge is 0.492 e. The van der Waals surface area contributed by atoms with E-state index >= 15 is 0 Å². The van der Waals surface area contributed by atoms with Crippen LogP contribution in [0.2, 0.25) is 0 Å². The summed E-state index contributed by atoms with van der Waals surface area (Å²) in [5.41, 5.74) is 2.05. The second-order valence-corrected chi connectivity index (χ2v) is 10.2. The van der Waals surface area contributed by atoms with Gasteiger partial charge < -0.3 is 9.64 Å². The zero-order chi connectivity index (χ0) is 25.8. The number of rotatable bonds is 6. The number of allylic oxidation sites excluding steroid dienone is 3. The molecule has 1 saturated carbocycles. The molecule has 196 valence electrons. The van der Waals surface area contributed by atoms with Gasteiger partial charge in [-0.1, -0.05) is 49.6 Å². The molecule has 1 aliphatic heterocycles. The SMILES string of the molecule is CCOc1ccccc1-n1c(C(C)N2CCN(C(=O)C3CCCCC3)CC2)nc2c(c1=O)C=CC=CC2. The van der Waals surface area contributed by atoms with Gasteiger partial charge >= 0.3 is 0 Å². The van der Waals surface area contributed by atoms with E-state index < -0.39 is 0 Å². The monoisotopic (exact) mass is 502 g/mol. The van der Waals surface area contributed by atoms with E-state index in [1.807, 2.05) is 55.5 Å². The number of hydrogen-bond donors (Lipinski definition) is 0. The Balaban J connectivity index is 1.46. The first-order chi connectivity index (χ1) is 18.1. The number of benzene rings is 1. The number of carbonyl (C=O) groups is 1. The molecule has 37 heavy (non-hydrogen) atoms. The molecule has 1 aromatic heterocycles. The Kier molecular flexibility index (Phi) is 7.89. The van der Waals surface area contributed by atoms with Crippen molar-refractivity contribution in [3.8, 4) is 11.4 Å². The minimum absolute atomic E-state index is 0.0786. The van der Waals surface area contributed by atoms with Crippen LogP contribution in [0.4, 0.5) is 0 Å². The lowest BCUT2D eigenvalue weighted by Crippen LogP contribution is -2.51. The maximum Gasteiger partial charge on any atom is 0.265 e. The zero-order valence-electron chi connectivity index (χ0n) is 22.1. The van der Waals surface area contributed by atoms with Gasteiger partial charge in [0, 0.05) is 38.5 Å². The first-order valence-corrected chi connectivity index (χ1v) is 13.8. The maximum atomic E-state index is 14.0. The van der Waals surface area contributed by atoms with E-state index in [4.69, 9.17) is 9.72 Å². The molecule has 3 aliphatic rings. The average Bonchev–Trinajstić information content (AvgIpc) is 3.19. The minimum atomic E-state index is -0.101. The second kappa shape index (κ2) is 11.5. The molecule has 1 unspecified atom stereocenters. The van der Waals surface area contributed by atoms with Gasteiger partial charge in [-0.2, -0.15) is 0 Å². The third-order valence-electron chi connectivity index (χ3n) is 7.95. The Morgan fingerprint density at radius 3 is 2.59 bits per heavy atom. The third kappa shape index (κ3) is 5.28. The van der Waals surface area contributed by atoms with E-state index in [0.29, 0.717) is 41.8 Å². The number of ether oxygens (including phenoxy) is 1. The number of fused-ring (bicyclic) bond motifs is 1. The van der Waals surface area contributed by atoms with Gasteiger partial charge in [0.05, 0.1) is 29.6 Å². The minimum Gasteiger partial charge on any atom is -0.492 e. The molecule has 1 atom stereocenters. The molecule has 2 heterocycles. The molecular weight excluding hydrogens is 464 g/mol. The number of nitrogens with zero attached hydrogens (tertiary/aromatic N) is 4. The molecule has 0 N–H and O–H groups in total. The van der Waals surface area contributed by atoms with Gasteiger partial charge in [0.15, 0.2) is 0 Å². The van der Waals surface area contributed by atoms with Crippen LogP contribution in [0.3, 0.4) is 0 Å². The van der Waals surface area contributed by atoms with Gasteiger partial charge in [0.1, 0.15) is 11.6 Å². The predicted molar refractivity (Wildman–Crippen MR) is 146 cm³/mol. The lowest BCUT2D eigenvalue weighted by Gasteiger charge is -2.40. The Labute approximate surface area is 219 Å². The lowest BCUT2D eigenvalue weighted by atomic mass is 9.88. The van der Waals surface area contributed by atoms with Crippen LogP contribution in [0.1, 0.15) is 69.1 Å². The van der Waals surface area contributed by atoms with Crippen LogP contribution in [0.25, 0.3) is 11.8 Å². The van der Waals surface area contributed by atoms with Crippen molar-refractivity contribution in [2.75, 3.05) is 32.8 Å². The molecule has 2 aromatic rings. The van der Waals surface area contributed by atoms with Crippen molar-refractivity contribution in [1.29, 1.82) is 0 Å². The number of para-hydroxylation sites is 2. The van der Waals surface area contributed by atoms with Crippen molar-refractivity contribution >= 4 is 12.0 Å². The van der Waals surface area contributed by atoms with Crippen molar-refractivity contribution in [3.05, 3.63) is 69.9 Å². The van der Waals surface area contributed by atoms with Crippen LogP contribution < -0.4 is 10.3 Å². The zero-order valence-corrected chi connectivity index (χ0v) is 22.1. The number of hydrogen-bond acceptors (Lipinski definition) is 5. The van der Waals surface area contributed by atoms with E-state index in [-0.39, 0.29) is 17.5 Å². The fraction of sp³-hybridized carbons (Fsp3) is 0.500. The average molecular weight is 503 g/mol. The summed E-state index contributed by atoms with van der Waals surface area (Å²) >= 11 is 0. The van der Waals surface area contributed by atoms with E-state index in [9.17, 15) is 9.59 Å². The van der Waals surface area contributed by atoms with E-state index in [1.54, 1.807) is 4.57 Å². The summed E-state index contributed by atoms with van der Waals surface area (Å²) in [7, 11) is 0. The Hall–Kier alpha value is -3.19. The Bertz CT molecular complexity index is 1230. The van der Waals surface area contributed by atoms with Crippen molar-refractivity contribution < 1.29 is 9.53 Å². The summed E-state index contributed by atoms with van der Waals surface area (Å²) in [4.78, 5) is 36.6. The predicted octanol–water partition coefficient (Wildman–Crippen LogP) is 4.54. The van der Waals surface area contributed by atoms with Gasteiger partial charge in [-0.05, 0) is 44.9 Å². The molecule has 7 nitrogen and oxygen atoms in total. The van der Waals surface area contributed by atoms with Crippen molar-refractivity contribution in [1.82, 2.24) is 19.4 Å². The smallest absolute Gasteiger partial charge is 0.265 e. The first-order valence-electron chi connectivity index (χ1n) is 13.8. The maximum absolute atomic E-state index is 14.0. The topological polar surface area (TPSA) is 67.7 Å². The van der Waals surface area contributed by atoms with Crippen LogP contribution in [0, 0.1) is 5.92 Å². The van der Waals surface area contributed by atoms with Crippen LogP contribution in [-0.4, -0.2) is 58.0 Å². The molecule has 1 amide bonds. The van der Waals surface area contributed by atoms with E-state index in [2.05, 4.69) is 16.7 Å². The molecular formula is C30H38N4O3. The van der Waals surface area contributed by atoms with Crippen LogP contribution in [0.5, 0.6) is 5.75 Å². The molecule has 0 radical (unpaired) electrons. The number of piperazine rings is 1. The molecule has 7 heteroatoms. The van der Waals surface area contributed by atoms with E-state index in [1.165, 1.54) is 19.3 Å². The number of aromatic nitrogens is 2. The third-order valence-corrected chi connectivity index (χ3v) is 7.95. The summed E-state index contributed by atoms with van der Waals surface area (Å²) in [6, 6.07) is 7.58. The highest BCUT2D eigenvalue weighted by Gasteiger charge is 2.32. The van der Waals surface area contributed by atoms with Crippen molar-refractivity contribution in [3.63, 3.8) is 0 Å². The molecule has 1 aromatic carbocycles. The highest BCUT2D eigenvalue weighted by Crippen LogP contribution is 2.30. The normalized spacial score (nSPS) is 19.4. The summed E-state index contributed by atoms with van der Waals surface area (Å²) in [5, 5.41) is 0. The second-order valence-electron chi connectivity index (χ2n) is 10.2. The van der Waals surface area contributed by atoms with Crippen LogP contribution >= 0.6 is 0 Å². The molecule has 5 rings (SSSR count). The molecule has 2 fully saturated rings. The summed E-state index contributed by atoms with van der Waals surface area (Å²) in [6.45, 7) is 7.54. The molecule has 1 saturated heterocycles. The van der Waals surface area contributed by atoms with Gasteiger partial charge in [-0.25, -0.2) is 4.98 Å².